The van der Waals surface area contributed by atoms with Crippen molar-refractivity contribution >= 4 is 27.5 Å². The molecule has 2 bridgehead atoms. The monoisotopic (exact) mass is 614 g/mol. The normalized spacial score (nSPS) is 28.7. The lowest BCUT2D eigenvalue weighted by molar-refractivity contribution is 0.107. The minimum absolute atomic E-state index is 0.0187. The summed E-state index contributed by atoms with van der Waals surface area (Å²) in [5.41, 5.74) is 1.24. The van der Waals surface area contributed by atoms with Crippen LogP contribution in [0.1, 0.15) is 44.6 Å². The Morgan fingerprint density at radius 3 is 2.96 bits per heavy atom. The Morgan fingerprint density at radius 2 is 2.07 bits per heavy atom. The lowest BCUT2D eigenvalue weighted by atomic mass is 9.95. The van der Waals surface area contributed by atoms with E-state index in [0.29, 0.717) is 48.9 Å². The lowest BCUT2D eigenvalue weighted by Crippen LogP contribution is -2.60. The zero-order valence-electron chi connectivity index (χ0n) is 25.2. The number of rotatable bonds is 5. The number of anilines is 1. The number of phenolic OH excluding ortho intramolecular Hbond substituents is 1. The summed E-state index contributed by atoms with van der Waals surface area (Å²) in [5, 5.41) is 16.5. The highest BCUT2D eigenvalue weighted by Gasteiger charge is 2.50. The summed E-state index contributed by atoms with van der Waals surface area (Å²) in [6.45, 7) is 4.63. The Morgan fingerprint density at radius 1 is 1.16 bits per heavy atom. The molecule has 9 nitrogen and oxygen atoms in total. The van der Waals surface area contributed by atoms with Gasteiger partial charge in [-0.05, 0) is 67.1 Å². The first-order valence-electron chi connectivity index (χ1n) is 16.2. The summed E-state index contributed by atoms with van der Waals surface area (Å²) in [6.07, 6.45) is 4.18. The van der Waals surface area contributed by atoms with Gasteiger partial charge in [0.25, 0.3) is 0 Å². The van der Waals surface area contributed by atoms with E-state index in [9.17, 15) is 9.50 Å². The maximum absolute atomic E-state index is 17.0. The number of hydrogen-bond donors (Lipinski definition) is 2. The van der Waals surface area contributed by atoms with Crippen LogP contribution in [0.25, 0.3) is 32.9 Å². The molecule has 2 aromatic heterocycles. The van der Waals surface area contributed by atoms with Crippen LogP contribution in [-0.2, 0) is 6.42 Å². The average Bonchev–Trinajstić information content (AvgIpc) is 3.67. The van der Waals surface area contributed by atoms with Crippen molar-refractivity contribution in [1.82, 2.24) is 25.2 Å². The van der Waals surface area contributed by atoms with E-state index >= 15 is 4.39 Å². The third kappa shape index (κ3) is 4.19. The van der Waals surface area contributed by atoms with Crippen LogP contribution in [0, 0.1) is 5.82 Å². The van der Waals surface area contributed by atoms with Crippen molar-refractivity contribution in [3.63, 3.8) is 0 Å². The predicted molar refractivity (Wildman–Crippen MR) is 166 cm³/mol. The number of aromatic nitrogens is 3. The quantitative estimate of drug-likeness (QED) is 0.325. The SMILES string of the molecule is CCc1cccc2cc(O)cc(-c3nc4c5c(nc(OC[C@]67CCCN6C[C@H](F)C7)nc5c3F)N3CC5CC[C@H](N5)[C@@H]3CO4)c12. The summed E-state index contributed by atoms with van der Waals surface area (Å²) in [4.78, 5) is 18.8. The zero-order chi connectivity index (χ0) is 30.4. The third-order valence-corrected chi connectivity index (χ3v) is 10.8. The number of aryl methyl sites for hydroxylation is 1. The molecule has 2 aromatic carbocycles. The molecule has 4 aromatic rings. The van der Waals surface area contributed by atoms with Crippen molar-refractivity contribution in [3.05, 3.63) is 41.7 Å². The molecule has 11 heteroatoms. The first-order chi connectivity index (χ1) is 21.9. The topological polar surface area (TPSA) is 95.9 Å². The van der Waals surface area contributed by atoms with E-state index in [1.165, 1.54) is 0 Å². The minimum Gasteiger partial charge on any atom is -0.508 e. The zero-order valence-corrected chi connectivity index (χ0v) is 25.2. The maximum atomic E-state index is 17.0. The summed E-state index contributed by atoms with van der Waals surface area (Å²) >= 11 is 0. The number of benzene rings is 2. The highest BCUT2D eigenvalue weighted by atomic mass is 19.1. The second-order valence-electron chi connectivity index (χ2n) is 13.4. The van der Waals surface area contributed by atoms with Crippen LogP contribution in [-0.4, -0.2) is 87.6 Å². The van der Waals surface area contributed by atoms with Gasteiger partial charge in [-0.15, -0.1) is 0 Å². The Kier molecular flexibility index (Phi) is 6.16. The highest BCUT2D eigenvalue weighted by molar-refractivity contribution is 6.03. The number of ether oxygens (including phenoxy) is 2. The number of piperazine rings is 1. The van der Waals surface area contributed by atoms with Gasteiger partial charge >= 0.3 is 6.01 Å². The number of aromatic hydroxyl groups is 1. The van der Waals surface area contributed by atoms with E-state index in [-0.39, 0.29) is 47.5 Å². The molecular formula is C34H36F2N6O3. The maximum Gasteiger partial charge on any atom is 0.319 e. The summed E-state index contributed by atoms with van der Waals surface area (Å²) in [7, 11) is 0. The summed E-state index contributed by atoms with van der Waals surface area (Å²) < 4.78 is 44.3. The van der Waals surface area contributed by atoms with Gasteiger partial charge < -0.3 is 24.8 Å². The number of nitrogens with zero attached hydrogens (tertiary/aromatic N) is 5. The van der Waals surface area contributed by atoms with Crippen molar-refractivity contribution in [2.45, 2.75) is 75.3 Å². The number of pyridine rings is 1. The van der Waals surface area contributed by atoms with Gasteiger partial charge in [-0.1, -0.05) is 25.1 Å². The van der Waals surface area contributed by atoms with Crippen molar-refractivity contribution in [2.24, 2.45) is 0 Å². The van der Waals surface area contributed by atoms with E-state index in [1.54, 1.807) is 12.1 Å². The van der Waals surface area contributed by atoms with Crippen LogP contribution in [0.4, 0.5) is 14.6 Å². The predicted octanol–water partition coefficient (Wildman–Crippen LogP) is 4.91. The number of hydrogen-bond acceptors (Lipinski definition) is 9. The van der Waals surface area contributed by atoms with Gasteiger partial charge in [-0.2, -0.15) is 9.97 Å². The molecule has 0 radical (unpaired) electrons. The Balaban J connectivity index is 1.24. The van der Waals surface area contributed by atoms with Gasteiger partial charge in [-0.3, -0.25) is 4.90 Å². The van der Waals surface area contributed by atoms with Gasteiger partial charge in [0.2, 0.25) is 5.88 Å². The highest BCUT2D eigenvalue weighted by Crippen LogP contribution is 2.45. The number of nitrogens with one attached hydrogen (secondary N) is 1. The molecule has 5 aliphatic heterocycles. The van der Waals surface area contributed by atoms with Crippen LogP contribution >= 0.6 is 0 Å². The third-order valence-electron chi connectivity index (χ3n) is 10.8. The Hall–Kier alpha value is -3.83. The molecular weight excluding hydrogens is 578 g/mol. The molecule has 5 aliphatic rings. The fraction of sp³-hybridized carbons (Fsp3) is 0.500. The lowest BCUT2D eigenvalue weighted by Gasteiger charge is -2.40. The number of halogens is 2. The first-order valence-corrected chi connectivity index (χ1v) is 16.2. The van der Waals surface area contributed by atoms with E-state index in [1.807, 2.05) is 25.1 Å². The van der Waals surface area contributed by atoms with Gasteiger partial charge in [0.15, 0.2) is 5.82 Å². The number of phenols is 1. The Labute approximate surface area is 259 Å². The van der Waals surface area contributed by atoms with Gasteiger partial charge in [0.1, 0.15) is 47.5 Å². The van der Waals surface area contributed by atoms with Crippen molar-refractivity contribution in [3.8, 4) is 28.9 Å². The van der Waals surface area contributed by atoms with Crippen LogP contribution in [0.15, 0.2) is 30.3 Å². The molecule has 0 amide bonds. The van der Waals surface area contributed by atoms with Crippen LogP contribution in [0.3, 0.4) is 0 Å². The van der Waals surface area contributed by atoms with Crippen molar-refractivity contribution < 1.29 is 23.4 Å². The molecule has 45 heavy (non-hydrogen) atoms. The summed E-state index contributed by atoms with van der Waals surface area (Å²) in [6, 6.07) is 9.68. The summed E-state index contributed by atoms with van der Waals surface area (Å²) in [5.74, 6) is 0.240. The molecule has 9 rings (SSSR count). The average molecular weight is 615 g/mol. The number of fused-ring (bicyclic) bond motifs is 7. The molecule has 2 N–H and O–H groups in total. The minimum atomic E-state index is -0.885. The second-order valence-corrected chi connectivity index (χ2v) is 13.4. The molecule has 5 atom stereocenters. The molecule has 1 unspecified atom stereocenters. The molecule has 0 spiro atoms. The molecule has 0 aliphatic carbocycles. The molecule has 7 heterocycles. The molecule has 0 saturated carbocycles. The fourth-order valence-corrected chi connectivity index (χ4v) is 8.78. The van der Waals surface area contributed by atoms with E-state index < -0.39 is 17.5 Å². The first kappa shape index (κ1) is 27.5. The molecule has 234 valence electrons. The van der Waals surface area contributed by atoms with Crippen LogP contribution in [0.5, 0.6) is 17.6 Å². The number of alkyl halides is 1. The second kappa shape index (κ2) is 10.1. The van der Waals surface area contributed by atoms with E-state index in [4.69, 9.17) is 19.4 Å². The fourth-order valence-electron chi connectivity index (χ4n) is 8.78. The smallest absolute Gasteiger partial charge is 0.319 e. The van der Waals surface area contributed by atoms with Crippen LogP contribution < -0.4 is 19.7 Å². The standard InChI is InChI=1S/C34H36F2N6O3/c1-2-18-5-3-6-19-11-22(43)12-23(26(18)19)29-28(36)30-27-31(42-15-21-7-8-24(37-21)25(42)16-44-32(27)38-29)40-33(39-30)45-17-34-9-4-10-41(34)14-20(35)13-34/h3,5-6,11-12,20-21,24-25,37,43H,2,4,7-10,13-17H2,1H3/t20-,21?,24+,25+,34-/m1/s1. The van der Waals surface area contributed by atoms with E-state index in [0.717, 1.165) is 55.0 Å². The van der Waals surface area contributed by atoms with Gasteiger partial charge in [0.05, 0.1) is 11.6 Å². The largest absolute Gasteiger partial charge is 0.508 e. The van der Waals surface area contributed by atoms with Gasteiger partial charge in [0, 0.05) is 37.2 Å². The van der Waals surface area contributed by atoms with Gasteiger partial charge in [-0.25, -0.2) is 13.8 Å². The van der Waals surface area contributed by atoms with E-state index in [2.05, 4.69) is 20.1 Å². The Bertz CT molecular complexity index is 1860. The van der Waals surface area contributed by atoms with Crippen LogP contribution in [0.2, 0.25) is 0 Å². The van der Waals surface area contributed by atoms with Crippen molar-refractivity contribution in [1.29, 1.82) is 0 Å². The molecule has 4 fully saturated rings. The van der Waals surface area contributed by atoms with Crippen molar-refractivity contribution in [2.75, 3.05) is 37.7 Å². The molecule has 4 saturated heterocycles.